The van der Waals surface area contributed by atoms with Gasteiger partial charge in [0.2, 0.25) is 5.91 Å². The van der Waals surface area contributed by atoms with Gasteiger partial charge in [-0.2, -0.15) is 0 Å². The topological polar surface area (TPSA) is 49.4 Å². The minimum atomic E-state index is -0.492. The summed E-state index contributed by atoms with van der Waals surface area (Å²) >= 11 is 0. The van der Waals surface area contributed by atoms with Crippen LogP contribution in [0, 0.1) is 11.7 Å². The van der Waals surface area contributed by atoms with Crippen LogP contribution >= 0.6 is 0 Å². The summed E-state index contributed by atoms with van der Waals surface area (Å²) in [6.07, 6.45) is 1.35. The highest BCUT2D eigenvalue weighted by atomic mass is 19.1. The molecule has 3 rings (SSSR count). The highest BCUT2D eigenvalue weighted by Crippen LogP contribution is 2.29. The summed E-state index contributed by atoms with van der Waals surface area (Å²) in [7, 11) is 0. The molecule has 1 saturated heterocycles. The standard InChI is InChI=1S/C20H21FN2O2/c1-14(24)19-17(21)8-5-9-18(19)23-12-10-15(11-13-23)20(25)22-16-6-3-2-4-7-16/h2-9,15H,10-13H2,1H3,(H,22,25). The van der Waals surface area contributed by atoms with E-state index in [0.29, 0.717) is 31.6 Å². The van der Waals surface area contributed by atoms with Crippen LogP contribution in [-0.2, 0) is 4.79 Å². The monoisotopic (exact) mass is 340 g/mol. The Morgan fingerprint density at radius 2 is 1.72 bits per heavy atom. The number of hydrogen-bond acceptors (Lipinski definition) is 3. The first-order valence-electron chi connectivity index (χ1n) is 8.46. The minimum Gasteiger partial charge on any atom is -0.371 e. The maximum Gasteiger partial charge on any atom is 0.227 e. The molecule has 0 aromatic heterocycles. The number of rotatable bonds is 4. The van der Waals surface area contributed by atoms with Gasteiger partial charge in [-0.05, 0) is 44.0 Å². The van der Waals surface area contributed by atoms with Crippen LogP contribution in [0.3, 0.4) is 0 Å². The zero-order valence-corrected chi connectivity index (χ0v) is 14.2. The number of ketones is 1. The highest BCUT2D eigenvalue weighted by molar-refractivity contribution is 6.00. The molecule has 0 saturated carbocycles. The van der Waals surface area contributed by atoms with Crippen LogP contribution in [0.4, 0.5) is 15.8 Å². The van der Waals surface area contributed by atoms with Gasteiger partial charge in [-0.3, -0.25) is 9.59 Å². The van der Waals surface area contributed by atoms with Gasteiger partial charge in [0.05, 0.1) is 11.3 Å². The Morgan fingerprint density at radius 3 is 2.36 bits per heavy atom. The average Bonchev–Trinajstić information content (AvgIpc) is 2.62. The summed E-state index contributed by atoms with van der Waals surface area (Å²) in [6.45, 7) is 2.62. The Labute approximate surface area is 146 Å². The maximum absolute atomic E-state index is 14.0. The summed E-state index contributed by atoms with van der Waals surface area (Å²) < 4.78 is 14.0. The normalized spacial score (nSPS) is 15.0. The van der Waals surface area contributed by atoms with Gasteiger partial charge in [0.25, 0.3) is 0 Å². The van der Waals surface area contributed by atoms with Crippen molar-refractivity contribution >= 4 is 23.1 Å². The largest absolute Gasteiger partial charge is 0.371 e. The lowest BCUT2D eigenvalue weighted by Crippen LogP contribution is -2.38. The molecule has 1 aliphatic rings. The Kier molecular flexibility index (Phi) is 5.12. The molecule has 0 unspecified atom stereocenters. The second-order valence-electron chi connectivity index (χ2n) is 6.31. The third-order valence-corrected chi connectivity index (χ3v) is 4.59. The number of piperidine rings is 1. The first kappa shape index (κ1) is 17.1. The molecule has 0 radical (unpaired) electrons. The lowest BCUT2D eigenvalue weighted by atomic mass is 9.94. The molecule has 5 heteroatoms. The molecule has 0 atom stereocenters. The first-order chi connectivity index (χ1) is 12.1. The van der Waals surface area contributed by atoms with Crippen LogP contribution in [0.1, 0.15) is 30.1 Å². The summed E-state index contributed by atoms with van der Waals surface area (Å²) in [5, 5.41) is 2.93. The Bertz CT molecular complexity index is 769. The maximum atomic E-state index is 14.0. The molecule has 1 aliphatic heterocycles. The molecule has 25 heavy (non-hydrogen) atoms. The van der Waals surface area contributed by atoms with E-state index in [0.717, 1.165) is 5.69 Å². The van der Waals surface area contributed by atoms with Gasteiger partial charge in [0.1, 0.15) is 5.82 Å². The highest BCUT2D eigenvalue weighted by Gasteiger charge is 2.27. The number of amides is 1. The Morgan fingerprint density at radius 1 is 1.04 bits per heavy atom. The van der Waals surface area contributed by atoms with Crippen LogP contribution in [0.5, 0.6) is 0 Å². The summed E-state index contributed by atoms with van der Waals surface area (Å²) in [4.78, 5) is 26.2. The number of nitrogens with zero attached hydrogens (tertiary/aromatic N) is 1. The predicted octanol–water partition coefficient (Wildman–Crippen LogP) is 3.88. The molecule has 0 aliphatic carbocycles. The number of nitrogens with one attached hydrogen (secondary N) is 1. The molecular weight excluding hydrogens is 319 g/mol. The van der Waals surface area contributed by atoms with E-state index in [-0.39, 0.29) is 23.2 Å². The van der Waals surface area contributed by atoms with Crippen molar-refractivity contribution in [2.75, 3.05) is 23.3 Å². The molecule has 130 valence electrons. The number of para-hydroxylation sites is 1. The predicted molar refractivity (Wildman–Crippen MR) is 96.4 cm³/mol. The average molecular weight is 340 g/mol. The number of carbonyl (C=O) groups excluding carboxylic acids is 2. The van der Waals surface area contributed by atoms with E-state index in [1.807, 2.05) is 35.2 Å². The van der Waals surface area contributed by atoms with Crippen LogP contribution in [0.15, 0.2) is 48.5 Å². The molecule has 1 N–H and O–H groups in total. The van der Waals surface area contributed by atoms with Gasteiger partial charge in [0, 0.05) is 24.7 Å². The number of halogens is 1. The second-order valence-corrected chi connectivity index (χ2v) is 6.31. The molecule has 0 bridgehead atoms. The molecule has 2 aromatic carbocycles. The van der Waals surface area contributed by atoms with Crippen molar-refractivity contribution in [1.29, 1.82) is 0 Å². The molecule has 1 fully saturated rings. The third kappa shape index (κ3) is 3.87. The lowest BCUT2D eigenvalue weighted by molar-refractivity contribution is -0.120. The van der Waals surface area contributed by atoms with Crippen molar-refractivity contribution in [2.45, 2.75) is 19.8 Å². The van der Waals surface area contributed by atoms with Crippen LogP contribution in [0.25, 0.3) is 0 Å². The number of carbonyl (C=O) groups is 2. The summed E-state index contributed by atoms with van der Waals surface area (Å²) in [5.41, 5.74) is 1.54. The first-order valence-corrected chi connectivity index (χ1v) is 8.46. The van der Waals surface area contributed by atoms with Crippen LogP contribution in [-0.4, -0.2) is 24.8 Å². The minimum absolute atomic E-state index is 0.0110. The smallest absolute Gasteiger partial charge is 0.227 e. The van der Waals surface area contributed by atoms with Crippen molar-refractivity contribution in [3.63, 3.8) is 0 Å². The SMILES string of the molecule is CC(=O)c1c(F)cccc1N1CCC(C(=O)Nc2ccccc2)CC1. The molecule has 4 nitrogen and oxygen atoms in total. The number of hydrogen-bond donors (Lipinski definition) is 1. The summed E-state index contributed by atoms with van der Waals surface area (Å²) in [6, 6.07) is 14.1. The Balaban J connectivity index is 1.65. The van der Waals surface area contributed by atoms with Crippen molar-refractivity contribution in [3.05, 3.63) is 59.9 Å². The van der Waals surface area contributed by atoms with Crippen molar-refractivity contribution < 1.29 is 14.0 Å². The van der Waals surface area contributed by atoms with Gasteiger partial charge in [-0.25, -0.2) is 4.39 Å². The van der Waals surface area contributed by atoms with Gasteiger partial charge < -0.3 is 10.2 Å². The van der Waals surface area contributed by atoms with Crippen molar-refractivity contribution in [2.24, 2.45) is 5.92 Å². The zero-order chi connectivity index (χ0) is 17.8. The van der Waals surface area contributed by atoms with Gasteiger partial charge in [-0.15, -0.1) is 0 Å². The van der Waals surface area contributed by atoms with E-state index in [1.165, 1.54) is 13.0 Å². The van der Waals surface area contributed by atoms with E-state index in [1.54, 1.807) is 12.1 Å². The van der Waals surface area contributed by atoms with E-state index in [4.69, 9.17) is 0 Å². The quantitative estimate of drug-likeness (QED) is 0.859. The van der Waals surface area contributed by atoms with E-state index >= 15 is 0 Å². The molecule has 2 aromatic rings. The lowest BCUT2D eigenvalue weighted by Gasteiger charge is -2.34. The number of Topliss-reactive ketones (excluding diaryl/α,β-unsaturated/α-hetero) is 1. The van der Waals surface area contributed by atoms with E-state index in [9.17, 15) is 14.0 Å². The number of anilines is 2. The van der Waals surface area contributed by atoms with Crippen molar-refractivity contribution in [3.8, 4) is 0 Å². The molecular formula is C20H21FN2O2. The molecule has 1 heterocycles. The van der Waals surface area contributed by atoms with Crippen LogP contribution < -0.4 is 10.2 Å². The number of benzene rings is 2. The van der Waals surface area contributed by atoms with Gasteiger partial charge >= 0.3 is 0 Å². The van der Waals surface area contributed by atoms with Crippen molar-refractivity contribution in [1.82, 2.24) is 0 Å². The van der Waals surface area contributed by atoms with Gasteiger partial charge in [0.15, 0.2) is 5.78 Å². The summed E-state index contributed by atoms with van der Waals surface area (Å²) in [5.74, 6) is -0.839. The van der Waals surface area contributed by atoms with E-state index in [2.05, 4.69) is 5.32 Å². The van der Waals surface area contributed by atoms with Gasteiger partial charge in [-0.1, -0.05) is 24.3 Å². The fraction of sp³-hybridized carbons (Fsp3) is 0.300. The fourth-order valence-corrected chi connectivity index (χ4v) is 3.27. The molecule has 0 spiro atoms. The van der Waals surface area contributed by atoms with E-state index < -0.39 is 5.82 Å². The zero-order valence-electron chi connectivity index (χ0n) is 14.2. The Hall–Kier alpha value is -2.69. The molecule has 1 amide bonds. The third-order valence-electron chi connectivity index (χ3n) is 4.59. The second kappa shape index (κ2) is 7.47. The van der Waals surface area contributed by atoms with Crippen LogP contribution in [0.2, 0.25) is 0 Å². The fourth-order valence-electron chi connectivity index (χ4n) is 3.27.